The Morgan fingerprint density at radius 3 is 2.53 bits per heavy atom. The van der Waals surface area contributed by atoms with E-state index in [9.17, 15) is 0 Å². The van der Waals surface area contributed by atoms with Crippen molar-refractivity contribution in [3.8, 4) is 11.3 Å². The van der Waals surface area contributed by atoms with E-state index in [1.165, 1.54) is 0 Å². The van der Waals surface area contributed by atoms with E-state index in [0.717, 1.165) is 29.0 Å². The van der Waals surface area contributed by atoms with Gasteiger partial charge in [-0.05, 0) is 18.6 Å². The molecule has 0 aliphatic carbocycles. The van der Waals surface area contributed by atoms with Crippen LogP contribution in [0.4, 0.5) is 0 Å². The second kappa shape index (κ2) is 4.83. The number of hydrogen-bond acceptors (Lipinski definition) is 2. The molecule has 0 unspecified atom stereocenters. The van der Waals surface area contributed by atoms with E-state index in [2.05, 4.69) is 17.0 Å². The molecule has 0 fully saturated rings. The molecule has 3 nitrogen and oxygen atoms in total. The third-order valence-electron chi connectivity index (χ3n) is 2.94. The largest absolute Gasteiger partial charge is 0.228 e. The van der Waals surface area contributed by atoms with E-state index in [4.69, 9.17) is 23.2 Å². The van der Waals surface area contributed by atoms with Gasteiger partial charge in [-0.25, -0.2) is 9.50 Å². The Morgan fingerprint density at radius 2 is 1.84 bits per heavy atom. The van der Waals surface area contributed by atoms with Gasteiger partial charge in [-0.15, -0.1) is 0 Å². The van der Waals surface area contributed by atoms with Gasteiger partial charge in [0.2, 0.25) is 0 Å². The summed E-state index contributed by atoms with van der Waals surface area (Å²) in [6.07, 6.45) is 0.857. The molecule has 2 aromatic heterocycles. The molecule has 0 saturated carbocycles. The van der Waals surface area contributed by atoms with E-state index >= 15 is 0 Å². The van der Waals surface area contributed by atoms with Gasteiger partial charge in [-0.1, -0.05) is 42.3 Å². The van der Waals surface area contributed by atoms with Crippen molar-refractivity contribution < 1.29 is 0 Å². The van der Waals surface area contributed by atoms with Gasteiger partial charge in [-0.2, -0.15) is 5.10 Å². The van der Waals surface area contributed by atoms with Gasteiger partial charge in [0.15, 0.2) is 5.65 Å². The molecule has 2 heterocycles. The van der Waals surface area contributed by atoms with Gasteiger partial charge in [0.25, 0.3) is 0 Å². The van der Waals surface area contributed by atoms with Crippen molar-refractivity contribution in [2.75, 3.05) is 0 Å². The van der Waals surface area contributed by atoms with Gasteiger partial charge < -0.3 is 0 Å². The molecule has 0 saturated heterocycles. The molecule has 3 rings (SSSR count). The summed E-state index contributed by atoms with van der Waals surface area (Å²) >= 11 is 12.1. The first-order chi connectivity index (χ1) is 9.17. The van der Waals surface area contributed by atoms with Gasteiger partial charge in [-0.3, -0.25) is 0 Å². The molecule has 0 N–H and O–H groups in total. The maximum atomic E-state index is 6.25. The number of hydrogen-bond donors (Lipinski definition) is 0. The molecule has 96 valence electrons. The first kappa shape index (κ1) is 12.5. The van der Waals surface area contributed by atoms with Gasteiger partial charge in [0, 0.05) is 22.7 Å². The molecule has 0 atom stereocenters. The van der Waals surface area contributed by atoms with Gasteiger partial charge >= 0.3 is 0 Å². The minimum atomic E-state index is 0.551. The van der Waals surface area contributed by atoms with Crippen LogP contribution in [0.5, 0.6) is 0 Å². The molecule has 0 spiro atoms. The van der Waals surface area contributed by atoms with Crippen molar-refractivity contribution in [1.82, 2.24) is 14.6 Å². The zero-order chi connectivity index (χ0) is 13.4. The molecule has 0 amide bonds. The maximum Gasteiger partial charge on any atom is 0.157 e. The van der Waals surface area contributed by atoms with Gasteiger partial charge in [0.1, 0.15) is 5.15 Å². The number of aromatic nitrogens is 3. The van der Waals surface area contributed by atoms with Crippen LogP contribution >= 0.6 is 23.2 Å². The average Bonchev–Trinajstić information content (AvgIpc) is 2.83. The quantitative estimate of drug-likeness (QED) is 0.660. The van der Waals surface area contributed by atoms with E-state index < -0.39 is 0 Å². The normalized spacial score (nSPS) is 11.1. The summed E-state index contributed by atoms with van der Waals surface area (Å²) < 4.78 is 1.65. The smallest absolute Gasteiger partial charge is 0.157 e. The number of fused-ring (bicyclic) bond motifs is 1. The summed E-state index contributed by atoms with van der Waals surface area (Å²) in [6, 6.07) is 11.3. The van der Waals surface area contributed by atoms with Crippen LogP contribution in [0.25, 0.3) is 16.9 Å². The van der Waals surface area contributed by atoms with Crippen LogP contribution < -0.4 is 0 Å². The first-order valence-electron chi connectivity index (χ1n) is 5.98. The fourth-order valence-electron chi connectivity index (χ4n) is 1.93. The highest BCUT2D eigenvalue weighted by Crippen LogP contribution is 2.24. The molecule has 5 heteroatoms. The van der Waals surface area contributed by atoms with Gasteiger partial charge in [0.05, 0.1) is 11.4 Å². The summed E-state index contributed by atoms with van der Waals surface area (Å²) in [5.41, 5.74) is 3.53. The minimum Gasteiger partial charge on any atom is -0.228 e. The molecule has 0 aliphatic heterocycles. The monoisotopic (exact) mass is 291 g/mol. The van der Waals surface area contributed by atoms with Crippen LogP contribution in [0.2, 0.25) is 10.2 Å². The Labute approximate surface area is 120 Å². The molecule has 0 bridgehead atoms. The lowest BCUT2D eigenvalue weighted by Crippen LogP contribution is -1.94. The summed E-state index contributed by atoms with van der Waals surface area (Å²) in [7, 11) is 0. The SMILES string of the molecule is CCc1cc2nc(-c3ccc(Cl)cc3)cc(Cl)n2n1. The Kier molecular flexibility index (Phi) is 3.17. The lowest BCUT2D eigenvalue weighted by atomic mass is 10.1. The minimum absolute atomic E-state index is 0.551. The Hall–Kier alpha value is -1.58. The van der Waals surface area contributed by atoms with Crippen LogP contribution in [-0.4, -0.2) is 14.6 Å². The lowest BCUT2D eigenvalue weighted by Gasteiger charge is -2.03. The zero-order valence-electron chi connectivity index (χ0n) is 10.3. The summed E-state index contributed by atoms with van der Waals surface area (Å²) in [5.74, 6) is 0. The summed E-state index contributed by atoms with van der Waals surface area (Å²) in [6.45, 7) is 2.05. The standard InChI is InChI=1S/C14H11Cl2N3/c1-2-11-7-14-17-12(8-13(16)19(14)18-11)9-3-5-10(15)6-4-9/h3-8H,2H2,1H3. The van der Waals surface area contributed by atoms with Crippen molar-refractivity contribution >= 4 is 28.8 Å². The topological polar surface area (TPSA) is 30.2 Å². The van der Waals surface area contributed by atoms with E-state index in [1.807, 2.05) is 36.4 Å². The fourth-order valence-corrected chi connectivity index (χ4v) is 2.28. The summed E-state index contributed by atoms with van der Waals surface area (Å²) in [4.78, 5) is 4.58. The average molecular weight is 292 g/mol. The molecule has 19 heavy (non-hydrogen) atoms. The predicted molar refractivity (Wildman–Crippen MR) is 77.8 cm³/mol. The second-order valence-corrected chi connectivity index (χ2v) is 5.05. The van der Waals surface area contributed by atoms with Crippen molar-refractivity contribution in [1.29, 1.82) is 0 Å². The highest BCUT2D eigenvalue weighted by Gasteiger charge is 2.08. The van der Waals surface area contributed by atoms with Crippen molar-refractivity contribution in [2.45, 2.75) is 13.3 Å². The number of rotatable bonds is 2. The van der Waals surface area contributed by atoms with Crippen molar-refractivity contribution in [3.05, 3.63) is 52.3 Å². The molecular weight excluding hydrogens is 281 g/mol. The number of aryl methyl sites for hydroxylation is 1. The van der Waals surface area contributed by atoms with E-state index in [1.54, 1.807) is 4.52 Å². The molecule has 0 radical (unpaired) electrons. The highest BCUT2D eigenvalue weighted by molar-refractivity contribution is 6.30. The third kappa shape index (κ3) is 2.31. The summed E-state index contributed by atoms with van der Waals surface area (Å²) in [5, 5.41) is 5.63. The van der Waals surface area contributed by atoms with Crippen molar-refractivity contribution in [3.63, 3.8) is 0 Å². The van der Waals surface area contributed by atoms with E-state index in [0.29, 0.717) is 10.2 Å². The lowest BCUT2D eigenvalue weighted by molar-refractivity contribution is 0.888. The fraction of sp³-hybridized carbons (Fsp3) is 0.143. The molecular formula is C14H11Cl2N3. The molecule has 0 aliphatic rings. The van der Waals surface area contributed by atoms with Crippen molar-refractivity contribution in [2.24, 2.45) is 0 Å². The Balaban J connectivity index is 2.17. The number of benzene rings is 1. The second-order valence-electron chi connectivity index (χ2n) is 4.23. The van der Waals surface area contributed by atoms with Crippen LogP contribution in [-0.2, 0) is 6.42 Å². The Morgan fingerprint density at radius 1 is 1.11 bits per heavy atom. The first-order valence-corrected chi connectivity index (χ1v) is 6.74. The number of halogens is 2. The van der Waals surface area contributed by atoms with Crippen LogP contribution in [0.3, 0.4) is 0 Å². The maximum absolute atomic E-state index is 6.25. The number of nitrogens with zero attached hydrogens (tertiary/aromatic N) is 3. The van der Waals surface area contributed by atoms with Crippen LogP contribution in [0.15, 0.2) is 36.4 Å². The predicted octanol–water partition coefficient (Wildman–Crippen LogP) is 4.27. The van der Waals surface area contributed by atoms with E-state index in [-0.39, 0.29) is 0 Å². The Bertz CT molecular complexity index is 732. The molecule has 1 aromatic carbocycles. The zero-order valence-corrected chi connectivity index (χ0v) is 11.8. The highest BCUT2D eigenvalue weighted by atomic mass is 35.5. The third-order valence-corrected chi connectivity index (χ3v) is 3.46. The van der Waals surface area contributed by atoms with Crippen LogP contribution in [0.1, 0.15) is 12.6 Å². The molecule has 3 aromatic rings. The van der Waals surface area contributed by atoms with Crippen LogP contribution in [0, 0.1) is 0 Å².